The van der Waals surface area contributed by atoms with Crippen molar-refractivity contribution in [1.82, 2.24) is 0 Å². The number of ether oxygens (including phenoxy) is 2. The van der Waals surface area contributed by atoms with Crippen molar-refractivity contribution in [2.24, 2.45) is 0 Å². The largest absolute Gasteiger partial charge is 0.493 e. The standard InChI is InChI=1S/C23H25NO2/c1-2-15-25-23-14-7-6-11-20(23)17-24-21-12-8-13-22(16-21)26-18-19-9-4-3-5-10-19/h3-14,16,24H,2,15,17-18H2,1H3. The fraction of sp³-hybridized carbons (Fsp3) is 0.217. The first-order valence-electron chi connectivity index (χ1n) is 9.06. The number of benzene rings is 3. The third-order valence-corrected chi connectivity index (χ3v) is 4.00. The van der Waals surface area contributed by atoms with Crippen LogP contribution in [0.5, 0.6) is 11.5 Å². The molecule has 0 fully saturated rings. The summed E-state index contributed by atoms with van der Waals surface area (Å²) in [5, 5.41) is 3.46. The molecular weight excluding hydrogens is 322 g/mol. The van der Waals surface area contributed by atoms with Crippen LogP contribution in [0.2, 0.25) is 0 Å². The van der Waals surface area contributed by atoms with Gasteiger partial charge in [-0.05, 0) is 30.2 Å². The van der Waals surface area contributed by atoms with Crippen LogP contribution in [0, 0.1) is 0 Å². The molecule has 0 atom stereocenters. The lowest BCUT2D eigenvalue weighted by molar-refractivity contribution is 0.306. The summed E-state index contributed by atoms with van der Waals surface area (Å²) in [6.45, 7) is 4.13. The van der Waals surface area contributed by atoms with Crippen LogP contribution in [0.15, 0.2) is 78.9 Å². The topological polar surface area (TPSA) is 30.5 Å². The fourth-order valence-corrected chi connectivity index (χ4v) is 2.64. The molecule has 0 unspecified atom stereocenters. The summed E-state index contributed by atoms with van der Waals surface area (Å²) in [5.41, 5.74) is 3.34. The lowest BCUT2D eigenvalue weighted by Gasteiger charge is -2.13. The maximum Gasteiger partial charge on any atom is 0.124 e. The molecule has 0 saturated heterocycles. The van der Waals surface area contributed by atoms with Crippen molar-refractivity contribution in [3.05, 3.63) is 90.0 Å². The average molecular weight is 347 g/mol. The Morgan fingerprint density at radius 2 is 1.62 bits per heavy atom. The molecule has 26 heavy (non-hydrogen) atoms. The predicted molar refractivity (Wildman–Crippen MR) is 107 cm³/mol. The second kappa shape index (κ2) is 9.52. The smallest absolute Gasteiger partial charge is 0.124 e. The first kappa shape index (κ1) is 17.9. The van der Waals surface area contributed by atoms with Gasteiger partial charge in [0.15, 0.2) is 0 Å². The van der Waals surface area contributed by atoms with Crippen molar-refractivity contribution in [2.75, 3.05) is 11.9 Å². The average Bonchev–Trinajstić information content (AvgIpc) is 2.71. The predicted octanol–water partition coefficient (Wildman–Crippen LogP) is 5.67. The summed E-state index contributed by atoms with van der Waals surface area (Å²) in [6, 6.07) is 26.4. The van der Waals surface area contributed by atoms with Crippen molar-refractivity contribution in [2.45, 2.75) is 26.5 Å². The highest BCUT2D eigenvalue weighted by Gasteiger charge is 2.03. The van der Waals surface area contributed by atoms with Crippen molar-refractivity contribution in [3.8, 4) is 11.5 Å². The summed E-state index contributed by atoms with van der Waals surface area (Å²) in [4.78, 5) is 0. The molecule has 0 spiro atoms. The van der Waals surface area contributed by atoms with Gasteiger partial charge in [-0.25, -0.2) is 0 Å². The zero-order valence-electron chi connectivity index (χ0n) is 15.2. The summed E-state index contributed by atoms with van der Waals surface area (Å²) >= 11 is 0. The van der Waals surface area contributed by atoms with Gasteiger partial charge in [0.25, 0.3) is 0 Å². The van der Waals surface area contributed by atoms with E-state index in [1.807, 2.05) is 60.7 Å². The second-order valence-electron chi connectivity index (χ2n) is 6.11. The summed E-state index contributed by atoms with van der Waals surface area (Å²) in [6.07, 6.45) is 1.00. The minimum Gasteiger partial charge on any atom is -0.493 e. The summed E-state index contributed by atoms with van der Waals surface area (Å²) in [5.74, 6) is 1.80. The van der Waals surface area contributed by atoms with Crippen molar-refractivity contribution in [1.29, 1.82) is 0 Å². The molecule has 1 N–H and O–H groups in total. The fourth-order valence-electron chi connectivity index (χ4n) is 2.64. The monoisotopic (exact) mass is 347 g/mol. The molecule has 0 aliphatic carbocycles. The lowest BCUT2D eigenvalue weighted by atomic mass is 10.2. The molecule has 0 bridgehead atoms. The third kappa shape index (κ3) is 5.28. The quantitative estimate of drug-likeness (QED) is 0.541. The highest BCUT2D eigenvalue weighted by atomic mass is 16.5. The van der Waals surface area contributed by atoms with E-state index in [1.54, 1.807) is 0 Å². The van der Waals surface area contributed by atoms with Crippen LogP contribution in [0.25, 0.3) is 0 Å². The van der Waals surface area contributed by atoms with Gasteiger partial charge in [-0.15, -0.1) is 0 Å². The molecule has 0 saturated carbocycles. The number of anilines is 1. The highest BCUT2D eigenvalue weighted by molar-refractivity contribution is 5.49. The van der Waals surface area contributed by atoms with Gasteiger partial charge in [-0.1, -0.05) is 61.5 Å². The Labute approximate surface area is 155 Å². The Bertz CT molecular complexity index is 802. The molecule has 3 rings (SSSR count). The molecule has 3 aromatic carbocycles. The normalized spacial score (nSPS) is 10.3. The minimum atomic E-state index is 0.567. The highest BCUT2D eigenvalue weighted by Crippen LogP contribution is 2.22. The molecule has 0 aromatic heterocycles. The molecule has 0 aliphatic heterocycles. The molecular formula is C23H25NO2. The van der Waals surface area contributed by atoms with Gasteiger partial charge in [0, 0.05) is 23.9 Å². The van der Waals surface area contributed by atoms with Crippen LogP contribution in [0.4, 0.5) is 5.69 Å². The van der Waals surface area contributed by atoms with Crippen LogP contribution in [0.3, 0.4) is 0 Å². The van der Waals surface area contributed by atoms with E-state index in [-0.39, 0.29) is 0 Å². The van der Waals surface area contributed by atoms with Gasteiger partial charge in [0.05, 0.1) is 6.61 Å². The van der Waals surface area contributed by atoms with E-state index in [1.165, 1.54) is 0 Å². The van der Waals surface area contributed by atoms with E-state index in [0.29, 0.717) is 13.2 Å². The van der Waals surface area contributed by atoms with Crippen molar-refractivity contribution < 1.29 is 9.47 Å². The zero-order chi connectivity index (χ0) is 18.0. The molecule has 0 amide bonds. The Morgan fingerprint density at radius 3 is 2.46 bits per heavy atom. The Morgan fingerprint density at radius 1 is 0.808 bits per heavy atom. The van der Waals surface area contributed by atoms with Crippen LogP contribution >= 0.6 is 0 Å². The molecule has 3 aromatic rings. The van der Waals surface area contributed by atoms with Gasteiger partial charge < -0.3 is 14.8 Å². The van der Waals surface area contributed by atoms with Crippen LogP contribution < -0.4 is 14.8 Å². The van der Waals surface area contributed by atoms with Gasteiger partial charge in [0.1, 0.15) is 18.1 Å². The van der Waals surface area contributed by atoms with Gasteiger partial charge in [-0.2, -0.15) is 0 Å². The molecule has 3 heteroatoms. The number of hydrogen-bond donors (Lipinski definition) is 1. The zero-order valence-corrected chi connectivity index (χ0v) is 15.2. The number of hydrogen-bond acceptors (Lipinski definition) is 3. The van der Waals surface area contributed by atoms with Gasteiger partial charge in [0.2, 0.25) is 0 Å². The van der Waals surface area contributed by atoms with Gasteiger partial charge >= 0.3 is 0 Å². The Kier molecular flexibility index (Phi) is 6.54. The number of nitrogens with one attached hydrogen (secondary N) is 1. The van der Waals surface area contributed by atoms with Crippen molar-refractivity contribution >= 4 is 5.69 Å². The van der Waals surface area contributed by atoms with E-state index >= 15 is 0 Å². The number of rotatable bonds is 9. The second-order valence-corrected chi connectivity index (χ2v) is 6.11. The minimum absolute atomic E-state index is 0.567. The van der Waals surface area contributed by atoms with E-state index in [0.717, 1.165) is 41.3 Å². The Balaban J connectivity index is 1.59. The molecule has 3 nitrogen and oxygen atoms in total. The van der Waals surface area contributed by atoms with Crippen LogP contribution in [0.1, 0.15) is 24.5 Å². The molecule has 0 heterocycles. The maximum atomic E-state index is 5.90. The Hall–Kier alpha value is -2.94. The molecule has 0 aliphatic rings. The van der Waals surface area contributed by atoms with Crippen molar-refractivity contribution in [3.63, 3.8) is 0 Å². The van der Waals surface area contributed by atoms with Crippen LogP contribution in [-0.4, -0.2) is 6.61 Å². The first-order chi connectivity index (χ1) is 12.8. The lowest BCUT2D eigenvalue weighted by Crippen LogP contribution is -2.04. The molecule has 0 radical (unpaired) electrons. The summed E-state index contributed by atoms with van der Waals surface area (Å²) in [7, 11) is 0. The van der Waals surface area contributed by atoms with Crippen LogP contribution in [-0.2, 0) is 13.2 Å². The van der Waals surface area contributed by atoms with E-state index in [9.17, 15) is 0 Å². The van der Waals surface area contributed by atoms with Gasteiger partial charge in [-0.3, -0.25) is 0 Å². The van der Waals surface area contributed by atoms with E-state index in [2.05, 4.69) is 30.4 Å². The number of para-hydroxylation sites is 1. The third-order valence-electron chi connectivity index (χ3n) is 4.00. The first-order valence-corrected chi connectivity index (χ1v) is 9.06. The summed E-state index contributed by atoms with van der Waals surface area (Å²) < 4.78 is 11.7. The maximum absolute atomic E-state index is 5.90. The SMILES string of the molecule is CCCOc1ccccc1CNc1cccc(OCc2ccccc2)c1. The molecule has 134 valence electrons. The van der Waals surface area contributed by atoms with E-state index in [4.69, 9.17) is 9.47 Å². The van der Waals surface area contributed by atoms with E-state index < -0.39 is 0 Å².